The molecule has 2 aromatic rings. The third-order valence-electron chi connectivity index (χ3n) is 2.96. The third-order valence-corrected chi connectivity index (χ3v) is 4.36. The lowest BCUT2D eigenvalue weighted by Gasteiger charge is -2.14. The summed E-state index contributed by atoms with van der Waals surface area (Å²) >= 11 is 0. The van der Waals surface area contributed by atoms with Crippen molar-refractivity contribution >= 4 is 15.7 Å². The Bertz CT molecular complexity index is 741. The molecule has 21 heavy (non-hydrogen) atoms. The molecule has 0 unspecified atom stereocenters. The van der Waals surface area contributed by atoms with Crippen LogP contribution >= 0.6 is 0 Å². The first kappa shape index (κ1) is 15.2. The van der Waals surface area contributed by atoms with Gasteiger partial charge in [0.05, 0.1) is 19.9 Å². The number of benzene rings is 2. The van der Waals surface area contributed by atoms with E-state index in [1.807, 2.05) is 13.0 Å². The van der Waals surface area contributed by atoms with E-state index in [-0.39, 0.29) is 10.6 Å². The lowest BCUT2D eigenvalue weighted by molar-refractivity contribution is 0.403. The summed E-state index contributed by atoms with van der Waals surface area (Å²) in [7, 11) is -0.837. The molecule has 0 aromatic heterocycles. The van der Waals surface area contributed by atoms with Gasteiger partial charge < -0.3 is 9.47 Å². The topological polar surface area (TPSA) is 64.6 Å². The molecular weight excluding hydrogens is 290 g/mol. The van der Waals surface area contributed by atoms with Crippen LogP contribution in [-0.2, 0) is 10.0 Å². The molecule has 1 N–H and O–H groups in total. The van der Waals surface area contributed by atoms with Gasteiger partial charge >= 0.3 is 0 Å². The van der Waals surface area contributed by atoms with Gasteiger partial charge in [-0.1, -0.05) is 18.2 Å². The fraction of sp³-hybridized carbons (Fsp3) is 0.200. The molecule has 0 atom stereocenters. The molecule has 112 valence electrons. The monoisotopic (exact) mass is 307 g/mol. The molecule has 0 bridgehead atoms. The van der Waals surface area contributed by atoms with Gasteiger partial charge in [0.1, 0.15) is 16.4 Å². The summed E-state index contributed by atoms with van der Waals surface area (Å²) in [6.45, 7) is 1.88. The summed E-state index contributed by atoms with van der Waals surface area (Å²) < 4.78 is 37.8. The molecule has 0 radical (unpaired) electrons. The third kappa shape index (κ3) is 3.28. The van der Waals surface area contributed by atoms with Crippen LogP contribution in [0, 0.1) is 6.92 Å². The SMILES string of the molecule is COc1ccc(C)cc1NS(=O)(=O)c1ccccc1OC. The van der Waals surface area contributed by atoms with Crippen molar-refractivity contribution in [3.63, 3.8) is 0 Å². The van der Waals surface area contributed by atoms with Crippen molar-refractivity contribution in [3.05, 3.63) is 48.0 Å². The summed E-state index contributed by atoms with van der Waals surface area (Å²) in [5.74, 6) is 0.746. The molecule has 0 amide bonds. The fourth-order valence-corrected chi connectivity index (χ4v) is 3.18. The van der Waals surface area contributed by atoms with Crippen molar-refractivity contribution in [2.24, 2.45) is 0 Å². The van der Waals surface area contributed by atoms with Gasteiger partial charge in [0, 0.05) is 0 Å². The van der Waals surface area contributed by atoms with Crippen molar-refractivity contribution < 1.29 is 17.9 Å². The minimum Gasteiger partial charge on any atom is -0.495 e. The summed E-state index contributed by atoms with van der Waals surface area (Å²) in [5, 5.41) is 0. The van der Waals surface area contributed by atoms with E-state index < -0.39 is 10.0 Å². The van der Waals surface area contributed by atoms with Crippen LogP contribution in [0.5, 0.6) is 11.5 Å². The normalized spacial score (nSPS) is 11.0. The molecule has 0 aliphatic rings. The smallest absolute Gasteiger partial charge is 0.265 e. The highest BCUT2D eigenvalue weighted by Gasteiger charge is 2.20. The second-order valence-electron chi connectivity index (χ2n) is 4.46. The number of nitrogens with one attached hydrogen (secondary N) is 1. The van der Waals surface area contributed by atoms with Gasteiger partial charge in [-0.25, -0.2) is 8.42 Å². The number of ether oxygens (including phenoxy) is 2. The molecule has 6 heteroatoms. The van der Waals surface area contributed by atoms with Gasteiger partial charge in [-0.05, 0) is 36.8 Å². The zero-order valence-electron chi connectivity index (χ0n) is 12.1. The van der Waals surface area contributed by atoms with Crippen LogP contribution in [0.2, 0.25) is 0 Å². The van der Waals surface area contributed by atoms with Crippen molar-refractivity contribution in [2.75, 3.05) is 18.9 Å². The highest BCUT2D eigenvalue weighted by Crippen LogP contribution is 2.30. The molecule has 0 aliphatic carbocycles. The number of sulfonamides is 1. The number of hydrogen-bond donors (Lipinski definition) is 1. The first-order valence-electron chi connectivity index (χ1n) is 6.28. The van der Waals surface area contributed by atoms with E-state index in [1.54, 1.807) is 30.3 Å². The zero-order valence-corrected chi connectivity index (χ0v) is 12.9. The number of aryl methyl sites for hydroxylation is 1. The second-order valence-corrected chi connectivity index (χ2v) is 6.11. The Morgan fingerprint density at radius 2 is 1.62 bits per heavy atom. The van der Waals surface area contributed by atoms with E-state index in [2.05, 4.69) is 4.72 Å². The first-order chi connectivity index (χ1) is 9.97. The van der Waals surface area contributed by atoms with E-state index in [9.17, 15) is 8.42 Å². The lowest BCUT2D eigenvalue weighted by Crippen LogP contribution is -2.14. The molecule has 2 aromatic carbocycles. The van der Waals surface area contributed by atoms with E-state index in [1.165, 1.54) is 20.3 Å². The van der Waals surface area contributed by atoms with Gasteiger partial charge in [0.25, 0.3) is 10.0 Å². The molecule has 0 heterocycles. The van der Waals surface area contributed by atoms with Crippen molar-refractivity contribution in [3.8, 4) is 11.5 Å². The fourth-order valence-electron chi connectivity index (χ4n) is 1.94. The van der Waals surface area contributed by atoms with Gasteiger partial charge in [0.2, 0.25) is 0 Å². The Balaban J connectivity index is 2.45. The average Bonchev–Trinajstić information content (AvgIpc) is 2.47. The maximum Gasteiger partial charge on any atom is 0.265 e. The molecule has 5 nitrogen and oxygen atoms in total. The largest absolute Gasteiger partial charge is 0.495 e. The summed E-state index contributed by atoms with van der Waals surface area (Å²) in [5.41, 5.74) is 1.32. The van der Waals surface area contributed by atoms with E-state index >= 15 is 0 Å². The Kier molecular flexibility index (Phi) is 4.37. The molecule has 0 spiro atoms. The van der Waals surface area contributed by atoms with Crippen LogP contribution in [0.4, 0.5) is 5.69 Å². The minimum atomic E-state index is -3.76. The molecule has 0 saturated heterocycles. The van der Waals surface area contributed by atoms with Gasteiger partial charge in [0.15, 0.2) is 0 Å². The quantitative estimate of drug-likeness (QED) is 0.922. The van der Waals surface area contributed by atoms with Crippen molar-refractivity contribution in [1.29, 1.82) is 0 Å². The lowest BCUT2D eigenvalue weighted by atomic mass is 10.2. The highest BCUT2D eigenvalue weighted by molar-refractivity contribution is 7.92. The van der Waals surface area contributed by atoms with Crippen LogP contribution in [0.3, 0.4) is 0 Å². The van der Waals surface area contributed by atoms with Crippen LogP contribution in [0.15, 0.2) is 47.4 Å². The van der Waals surface area contributed by atoms with Crippen LogP contribution in [0.1, 0.15) is 5.56 Å². The Morgan fingerprint density at radius 1 is 0.952 bits per heavy atom. The standard InChI is InChI=1S/C15H17NO4S/c1-11-8-9-13(19-2)12(10-11)16-21(17,18)15-7-5-4-6-14(15)20-3/h4-10,16H,1-3H3. The molecule has 0 fully saturated rings. The predicted molar refractivity (Wildman–Crippen MR) is 81.5 cm³/mol. The molecule has 0 saturated carbocycles. The average molecular weight is 307 g/mol. The van der Waals surface area contributed by atoms with Crippen LogP contribution in [0.25, 0.3) is 0 Å². The molecular formula is C15H17NO4S. The Labute approximate surface area is 124 Å². The number of methoxy groups -OCH3 is 2. The Morgan fingerprint density at radius 3 is 2.29 bits per heavy atom. The minimum absolute atomic E-state index is 0.0797. The van der Waals surface area contributed by atoms with E-state index in [0.717, 1.165) is 5.56 Å². The van der Waals surface area contributed by atoms with E-state index in [4.69, 9.17) is 9.47 Å². The number of anilines is 1. The number of hydrogen-bond acceptors (Lipinski definition) is 4. The zero-order chi connectivity index (χ0) is 15.5. The van der Waals surface area contributed by atoms with Gasteiger partial charge in [-0.15, -0.1) is 0 Å². The molecule has 2 rings (SSSR count). The first-order valence-corrected chi connectivity index (χ1v) is 7.76. The van der Waals surface area contributed by atoms with Crippen molar-refractivity contribution in [2.45, 2.75) is 11.8 Å². The summed E-state index contributed by atoms with van der Waals surface area (Å²) in [4.78, 5) is 0.0797. The number of para-hydroxylation sites is 1. The number of rotatable bonds is 5. The Hall–Kier alpha value is -2.21. The summed E-state index contributed by atoms with van der Waals surface area (Å²) in [6.07, 6.45) is 0. The predicted octanol–water partition coefficient (Wildman–Crippen LogP) is 2.81. The van der Waals surface area contributed by atoms with Gasteiger partial charge in [-0.2, -0.15) is 0 Å². The van der Waals surface area contributed by atoms with Crippen LogP contribution < -0.4 is 14.2 Å². The van der Waals surface area contributed by atoms with Crippen molar-refractivity contribution in [1.82, 2.24) is 0 Å². The maximum absolute atomic E-state index is 12.5. The van der Waals surface area contributed by atoms with Gasteiger partial charge in [-0.3, -0.25) is 4.72 Å². The maximum atomic E-state index is 12.5. The summed E-state index contributed by atoms with van der Waals surface area (Å²) in [6, 6.07) is 11.7. The second kappa shape index (κ2) is 6.05. The van der Waals surface area contributed by atoms with E-state index in [0.29, 0.717) is 11.4 Å². The molecule has 0 aliphatic heterocycles. The van der Waals surface area contributed by atoms with Crippen LogP contribution in [-0.4, -0.2) is 22.6 Å². The highest BCUT2D eigenvalue weighted by atomic mass is 32.2.